The first-order chi connectivity index (χ1) is 9.02. The predicted molar refractivity (Wildman–Crippen MR) is 77.1 cm³/mol. The first-order valence-electron chi connectivity index (χ1n) is 7.24. The highest BCUT2D eigenvalue weighted by Crippen LogP contribution is 2.05. The summed E-state index contributed by atoms with van der Waals surface area (Å²) in [4.78, 5) is 4.37. The molecule has 1 aromatic heterocycles. The van der Waals surface area contributed by atoms with Crippen LogP contribution in [0.15, 0.2) is 6.33 Å². The Labute approximate surface area is 116 Å². The van der Waals surface area contributed by atoms with Gasteiger partial charge < -0.3 is 10.1 Å². The summed E-state index contributed by atoms with van der Waals surface area (Å²) in [6.07, 6.45) is 2.76. The van der Waals surface area contributed by atoms with Gasteiger partial charge in [-0.05, 0) is 26.3 Å². The van der Waals surface area contributed by atoms with Crippen LogP contribution < -0.4 is 5.32 Å². The van der Waals surface area contributed by atoms with E-state index in [4.69, 9.17) is 4.74 Å². The highest BCUT2D eigenvalue weighted by Gasteiger charge is 2.14. The monoisotopic (exact) mass is 268 g/mol. The maximum atomic E-state index is 5.71. The van der Waals surface area contributed by atoms with Crippen molar-refractivity contribution >= 4 is 0 Å². The van der Waals surface area contributed by atoms with Gasteiger partial charge in [0.1, 0.15) is 12.2 Å². The van der Waals surface area contributed by atoms with Gasteiger partial charge in [0, 0.05) is 19.0 Å². The third-order valence-corrected chi connectivity index (χ3v) is 2.79. The van der Waals surface area contributed by atoms with Gasteiger partial charge in [0.15, 0.2) is 0 Å². The summed E-state index contributed by atoms with van der Waals surface area (Å²) < 4.78 is 7.71. The molecule has 0 amide bonds. The Morgan fingerprint density at radius 3 is 2.63 bits per heavy atom. The fourth-order valence-corrected chi connectivity index (χ4v) is 1.95. The lowest BCUT2D eigenvalue weighted by Gasteiger charge is -2.19. The Hall–Kier alpha value is -0.940. The lowest BCUT2D eigenvalue weighted by Crippen LogP contribution is -2.37. The Morgan fingerprint density at radius 1 is 1.32 bits per heavy atom. The molecule has 0 aliphatic carbocycles. The number of ether oxygens (including phenoxy) is 1. The van der Waals surface area contributed by atoms with Crippen molar-refractivity contribution in [2.45, 2.75) is 59.7 Å². The van der Waals surface area contributed by atoms with E-state index < -0.39 is 0 Å². The van der Waals surface area contributed by atoms with Crippen molar-refractivity contribution in [3.8, 4) is 0 Å². The number of rotatable bonds is 9. The molecule has 0 saturated heterocycles. The van der Waals surface area contributed by atoms with Crippen LogP contribution in [0.1, 0.15) is 40.4 Å². The van der Waals surface area contributed by atoms with E-state index in [1.165, 1.54) is 0 Å². The van der Waals surface area contributed by atoms with E-state index in [9.17, 15) is 0 Å². The van der Waals surface area contributed by atoms with E-state index >= 15 is 0 Å². The first kappa shape index (κ1) is 16.1. The third-order valence-electron chi connectivity index (χ3n) is 2.79. The summed E-state index contributed by atoms with van der Waals surface area (Å²) in [5, 5.41) is 7.75. The fourth-order valence-electron chi connectivity index (χ4n) is 1.95. The zero-order valence-electron chi connectivity index (χ0n) is 12.9. The molecule has 1 N–H and O–H groups in total. The van der Waals surface area contributed by atoms with E-state index in [1.807, 2.05) is 4.68 Å². The normalized spacial score (nSPS) is 13.4. The summed E-state index contributed by atoms with van der Waals surface area (Å²) >= 11 is 0. The number of nitrogens with one attached hydrogen (secondary N) is 1. The highest BCUT2D eigenvalue weighted by atomic mass is 16.5. The Kier molecular flexibility index (Phi) is 7.02. The third kappa shape index (κ3) is 6.16. The predicted octanol–water partition coefficient (Wildman–Crippen LogP) is 1.88. The van der Waals surface area contributed by atoms with Crippen LogP contribution in [0.3, 0.4) is 0 Å². The molecule has 19 heavy (non-hydrogen) atoms. The molecule has 0 aromatic carbocycles. The fraction of sp³-hybridized carbons (Fsp3) is 0.857. The summed E-state index contributed by atoms with van der Waals surface area (Å²) in [6.45, 7) is 13.2. The number of nitrogens with zero attached hydrogens (tertiary/aromatic N) is 3. The van der Waals surface area contributed by atoms with Crippen LogP contribution in [0.2, 0.25) is 0 Å². The van der Waals surface area contributed by atoms with Gasteiger partial charge in [0.05, 0.1) is 12.7 Å². The van der Waals surface area contributed by atoms with Crippen LogP contribution in [0.25, 0.3) is 0 Å². The van der Waals surface area contributed by atoms with Crippen LogP contribution in [0, 0.1) is 5.92 Å². The average molecular weight is 268 g/mol. The van der Waals surface area contributed by atoms with Crippen molar-refractivity contribution in [2.24, 2.45) is 5.92 Å². The molecule has 0 aliphatic heterocycles. The van der Waals surface area contributed by atoms with Gasteiger partial charge in [-0.1, -0.05) is 20.8 Å². The molecule has 1 aromatic rings. The zero-order valence-corrected chi connectivity index (χ0v) is 12.9. The molecule has 1 heterocycles. The second kappa shape index (κ2) is 8.27. The van der Waals surface area contributed by atoms with E-state index in [0.717, 1.165) is 25.3 Å². The van der Waals surface area contributed by atoms with Crippen LogP contribution in [-0.4, -0.2) is 40.1 Å². The zero-order chi connectivity index (χ0) is 14.3. The van der Waals surface area contributed by atoms with Crippen molar-refractivity contribution in [1.29, 1.82) is 0 Å². The van der Waals surface area contributed by atoms with E-state index in [2.05, 4.69) is 50.0 Å². The Morgan fingerprint density at radius 2 is 2.05 bits per heavy atom. The van der Waals surface area contributed by atoms with Gasteiger partial charge in [-0.2, -0.15) is 5.10 Å². The topological polar surface area (TPSA) is 52.0 Å². The van der Waals surface area contributed by atoms with Gasteiger partial charge in [-0.15, -0.1) is 0 Å². The molecule has 1 unspecified atom stereocenters. The summed E-state index contributed by atoms with van der Waals surface area (Å²) in [6, 6.07) is 0.294. The second-order valence-corrected chi connectivity index (χ2v) is 5.59. The molecule has 5 nitrogen and oxygen atoms in total. The second-order valence-electron chi connectivity index (χ2n) is 5.59. The summed E-state index contributed by atoms with van der Waals surface area (Å²) in [5.41, 5.74) is 0. The summed E-state index contributed by atoms with van der Waals surface area (Å²) in [7, 11) is 0. The highest BCUT2D eigenvalue weighted by molar-refractivity contribution is 4.90. The van der Waals surface area contributed by atoms with Gasteiger partial charge in [0.25, 0.3) is 0 Å². The number of hydrogen-bond donors (Lipinski definition) is 1. The average Bonchev–Trinajstić information content (AvgIpc) is 2.73. The van der Waals surface area contributed by atoms with E-state index in [1.54, 1.807) is 6.33 Å². The lowest BCUT2D eigenvalue weighted by atomic mass is 10.2. The lowest BCUT2D eigenvalue weighted by molar-refractivity contribution is 0.0610. The Bertz CT molecular complexity index is 349. The van der Waals surface area contributed by atoms with Crippen molar-refractivity contribution in [2.75, 3.05) is 13.2 Å². The van der Waals surface area contributed by atoms with Crippen molar-refractivity contribution in [1.82, 2.24) is 20.1 Å². The SMILES string of the molecule is CCNC(COC(C)C)Cc1ncnn1CC(C)C. The molecule has 0 bridgehead atoms. The maximum absolute atomic E-state index is 5.71. The molecule has 1 rings (SSSR count). The molecule has 0 fully saturated rings. The molecule has 0 saturated carbocycles. The van der Waals surface area contributed by atoms with E-state index in [0.29, 0.717) is 18.6 Å². The Balaban J connectivity index is 2.59. The van der Waals surface area contributed by atoms with Crippen LogP contribution in [-0.2, 0) is 17.7 Å². The van der Waals surface area contributed by atoms with Crippen molar-refractivity contribution in [3.63, 3.8) is 0 Å². The molecular weight excluding hydrogens is 240 g/mol. The van der Waals surface area contributed by atoms with Gasteiger partial charge in [-0.25, -0.2) is 9.67 Å². The van der Waals surface area contributed by atoms with Crippen molar-refractivity contribution < 1.29 is 4.74 Å². The molecule has 0 aliphatic rings. The molecule has 5 heteroatoms. The summed E-state index contributed by atoms with van der Waals surface area (Å²) in [5.74, 6) is 1.61. The minimum atomic E-state index is 0.259. The maximum Gasteiger partial charge on any atom is 0.138 e. The van der Waals surface area contributed by atoms with Gasteiger partial charge in [0.2, 0.25) is 0 Å². The molecule has 0 spiro atoms. The van der Waals surface area contributed by atoms with Crippen LogP contribution >= 0.6 is 0 Å². The minimum Gasteiger partial charge on any atom is -0.377 e. The first-order valence-corrected chi connectivity index (χ1v) is 7.24. The number of aromatic nitrogens is 3. The smallest absolute Gasteiger partial charge is 0.138 e. The van der Waals surface area contributed by atoms with Gasteiger partial charge >= 0.3 is 0 Å². The van der Waals surface area contributed by atoms with E-state index in [-0.39, 0.29) is 6.10 Å². The van der Waals surface area contributed by atoms with Crippen LogP contribution in [0.4, 0.5) is 0 Å². The molecule has 0 radical (unpaired) electrons. The quantitative estimate of drug-likeness (QED) is 0.743. The van der Waals surface area contributed by atoms with Gasteiger partial charge in [-0.3, -0.25) is 0 Å². The largest absolute Gasteiger partial charge is 0.377 e. The molecule has 1 atom stereocenters. The minimum absolute atomic E-state index is 0.259. The molecular formula is C14H28N4O. The van der Waals surface area contributed by atoms with Crippen molar-refractivity contribution in [3.05, 3.63) is 12.2 Å². The number of hydrogen-bond acceptors (Lipinski definition) is 4. The number of likely N-dealkylation sites (N-methyl/N-ethyl adjacent to an activating group) is 1. The standard InChI is InChI=1S/C14H28N4O/c1-6-15-13(9-19-12(4)5)7-14-16-10-17-18(14)8-11(2)3/h10-13,15H,6-9H2,1-5H3. The van der Waals surface area contributed by atoms with Crippen LogP contribution in [0.5, 0.6) is 0 Å². The molecule has 110 valence electrons.